The molecular formula is C9H7Cl4N3OS. The van der Waals surface area contributed by atoms with E-state index < -0.39 is 3.12 Å². The summed E-state index contributed by atoms with van der Waals surface area (Å²) in [6, 6.07) is 6.67. The van der Waals surface area contributed by atoms with E-state index >= 15 is 0 Å². The third kappa shape index (κ3) is 3.29. The summed E-state index contributed by atoms with van der Waals surface area (Å²) in [6.07, 6.45) is 0. The van der Waals surface area contributed by atoms with Crippen LogP contribution < -0.4 is 10.3 Å². The quantitative estimate of drug-likeness (QED) is 0.648. The average molecular weight is 347 g/mol. The van der Waals surface area contributed by atoms with Gasteiger partial charge in [0.25, 0.3) is 3.12 Å². The molecular weight excluding hydrogens is 340 g/mol. The number of alkyl halides is 3. The molecule has 98 valence electrons. The third-order valence-electron chi connectivity index (χ3n) is 2.12. The van der Waals surface area contributed by atoms with E-state index in [1.54, 1.807) is 24.3 Å². The van der Waals surface area contributed by atoms with Crippen LogP contribution in [0.2, 0.25) is 5.02 Å². The second kappa shape index (κ2) is 5.53. The van der Waals surface area contributed by atoms with Crippen LogP contribution in [0.1, 0.15) is 0 Å². The second-order valence-corrected chi connectivity index (χ2v) is 7.83. The summed E-state index contributed by atoms with van der Waals surface area (Å²) in [4.78, 5) is 13.5. The molecule has 0 aliphatic carbocycles. The number of halogens is 4. The van der Waals surface area contributed by atoms with Gasteiger partial charge in [0, 0.05) is 11.9 Å². The number of benzene rings is 1. The molecule has 0 atom stereocenters. The van der Waals surface area contributed by atoms with Crippen molar-refractivity contribution < 1.29 is 4.79 Å². The van der Waals surface area contributed by atoms with Crippen molar-refractivity contribution in [1.82, 2.24) is 9.84 Å². The van der Waals surface area contributed by atoms with Gasteiger partial charge in [-0.2, -0.15) is 9.84 Å². The van der Waals surface area contributed by atoms with Crippen molar-refractivity contribution in [3.05, 3.63) is 29.3 Å². The van der Waals surface area contributed by atoms with Crippen LogP contribution in [-0.4, -0.2) is 20.2 Å². The highest BCUT2D eigenvalue weighted by Gasteiger charge is 2.36. The molecule has 1 heterocycles. The van der Waals surface area contributed by atoms with Crippen LogP contribution in [0.4, 0.5) is 10.5 Å². The fraction of sp³-hybridized carbons (Fsp3) is 0.222. The van der Waals surface area contributed by atoms with Crippen molar-refractivity contribution in [2.45, 2.75) is 3.12 Å². The Hall–Kier alpha value is -0.0400. The number of para-hydroxylation sites is 1. The number of hydrogen-bond donors (Lipinski definition) is 1. The summed E-state index contributed by atoms with van der Waals surface area (Å²) in [6.45, 7) is 0.260. The minimum atomic E-state index is -1.61. The monoisotopic (exact) mass is 345 g/mol. The van der Waals surface area contributed by atoms with Crippen molar-refractivity contribution in [2.24, 2.45) is 0 Å². The average Bonchev–Trinajstić information content (AvgIpc) is 2.59. The predicted molar refractivity (Wildman–Crippen MR) is 77.0 cm³/mol. The number of urea groups is 1. The van der Waals surface area contributed by atoms with Crippen LogP contribution in [0.5, 0.6) is 0 Å². The molecule has 1 aliphatic rings. The Balaban J connectivity index is 2.15. The van der Waals surface area contributed by atoms with Gasteiger partial charge in [-0.3, -0.25) is 4.90 Å². The number of carbonyl (C=O) groups excluding carboxylic acids is 1. The smallest absolute Gasteiger partial charge is 0.276 e. The highest BCUT2D eigenvalue weighted by molar-refractivity contribution is 8.03. The molecule has 0 saturated carbocycles. The Kier molecular flexibility index (Phi) is 4.41. The summed E-state index contributed by atoms with van der Waals surface area (Å²) in [7, 11) is 0. The minimum absolute atomic E-state index is 0.260. The molecule has 1 saturated heterocycles. The van der Waals surface area contributed by atoms with E-state index in [9.17, 15) is 4.79 Å². The van der Waals surface area contributed by atoms with Gasteiger partial charge in [-0.15, -0.1) is 0 Å². The molecule has 2 rings (SSSR count). The number of anilines is 1. The Morgan fingerprint density at radius 2 is 1.94 bits per heavy atom. The van der Waals surface area contributed by atoms with Crippen molar-refractivity contribution in [3.8, 4) is 0 Å². The number of nitrogens with zero attached hydrogens (tertiary/aromatic N) is 2. The third-order valence-corrected chi connectivity index (χ3v) is 3.73. The summed E-state index contributed by atoms with van der Waals surface area (Å²) in [5, 5.41) is 0.480. The van der Waals surface area contributed by atoms with E-state index in [2.05, 4.69) is 5.43 Å². The SMILES string of the molecule is O=C1N(SC(Cl)(Cl)Cl)NCN1c1ccccc1Cl. The molecule has 4 nitrogen and oxygen atoms in total. The van der Waals surface area contributed by atoms with Crippen molar-refractivity contribution in [3.63, 3.8) is 0 Å². The van der Waals surface area contributed by atoms with Crippen LogP contribution in [0.25, 0.3) is 0 Å². The van der Waals surface area contributed by atoms with Crippen LogP contribution in [0.3, 0.4) is 0 Å². The molecule has 18 heavy (non-hydrogen) atoms. The molecule has 2 amide bonds. The molecule has 0 aromatic heterocycles. The van der Waals surface area contributed by atoms with Crippen LogP contribution in [0, 0.1) is 0 Å². The number of rotatable bonds is 2. The highest BCUT2D eigenvalue weighted by atomic mass is 35.6. The second-order valence-electron chi connectivity index (χ2n) is 3.31. The van der Waals surface area contributed by atoms with Crippen LogP contribution in [-0.2, 0) is 0 Å². The Morgan fingerprint density at radius 1 is 1.28 bits per heavy atom. The fourth-order valence-electron chi connectivity index (χ4n) is 1.41. The van der Waals surface area contributed by atoms with Gasteiger partial charge in [-0.05, 0) is 12.1 Å². The largest absolute Gasteiger partial charge is 0.350 e. The Labute approximate surface area is 128 Å². The van der Waals surface area contributed by atoms with Crippen LogP contribution in [0.15, 0.2) is 24.3 Å². The van der Waals surface area contributed by atoms with Gasteiger partial charge in [0.15, 0.2) is 0 Å². The summed E-state index contributed by atoms with van der Waals surface area (Å²) < 4.78 is -0.449. The fourth-order valence-corrected chi connectivity index (χ4v) is 2.78. The van der Waals surface area contributed by atoms with Crippen molar-refractivity contribution in [2.75, 3.05) is 11.6 Å². The van der Waals surface area contributed by atoms with Gasteiger partial charge in [-0.1, -0.05) is 58.5 Å². The van der Waals surface area contributed by atoms with Crippen molar-refractivity contribution >= 4 is 70.1 Å². The first kappa shape index (κ1) is 14.4. The van der Waals surface area contributed by atoms with E-state index in [1.807, 2.05) is 0 Å². The Morgan fingerprint density at radius 3 is 2.56 bits per heavy atom. The highest BCUT2D eigenvalue weighted by Crippen LogP contribution is 2.42. The van der Waals surface area contributed by atoms with Gasteiger partial charge >= 0.3 is 6.03 Å². The lowest BCUT2D eigenvalue weighted by Crippen LogP contribution is -2.31. The zero-order chi connectivity index (χ0) is 13.3. The minimum Gasteiger partial charge on any atom is -0.276 e. The summed E-state index contributed by atoms with van der Waals surface area (Å²) in [5.41, 5.74) is 3.40. The first-order valence-electron chi connectivity index (χ1n) is 4.74. The number of hydrazine groups is 1. The summed E-state index contributed by atoms with van der Waals surface area (Å²) >= 11 is 23.6. The maximum atomic E-state index is 12.1. The molecule has 0 radical (unpaired) electrons. The first-order valence-corrected chi connectivity index (χ1v) is 7.02. The maximum absolute atomic E-state index is 12.1. The van der Waals surface area contributed by atoms with E-state index in [4.69, 9.17) is 46.4 Å². The lowest BCUT2D eigenvalue weighted by Gasteiger charge is -2.19. The molecule has 1 aromatic rings. The van der Waals surface area contributed by atoms with Gasteiger partial charge < -0.3 is 0 Å². The molecule has 0 unspecified atom stereocenters. The molecule has 9 heteroatoms. The molecule has 1 aromatic carbocycles. The van der Waals surface area contributed by atoms with Gasteiger partial charge in [-0.25, -0.2) is 4.79 Å². The molecule has 1 fully saturated rings. The van der Waals surface area contributed by atoms with Gasteiger partial charge in [0.05, 0.1) is 17.4 Å². The maximum Gasteiger partial charge on any atom is 0.350 e. The molecule has 1 aliphatic heterocycles. The number of nitrogens with one attached hydrogen (secondary N) is 1. The lowest BCUT2D eigenvalue weighted by molar-refractivity contribution is 0.236. The standard InChI is InChI=1S/C9H7Cl4N3OS/c10-6-3-1-2-4-7(6)15-5-14-16(8(15)17)18-9(11,12)13/h1-4,14H,5H2. The number of hydrogen-bond acceptors (Lipinski definition) is 3. The predicted octanol–water partition coefficient (Wildman–Crippen LogP) is 4.02. The van der Waals surface area contributed by atoms with Crippen molar-refractivity contribution in [1.29, 1.82) is 0 Å². The van der Waals surface area contributed by atoms with E-state index in [0.29, 0.717) is 10.7 Å². The molecule has 0 bridgehead atoms. The summed E-state index contributed by atoms with van der Waals surface area (Å²) in [5.74, 6) is 0. The van der Waals surface area contributed by atoms with E-state index in [0.717, 1.165) is 16.4 Å². The zero-order valence-corrected chi connectivity index (χ0v) is 12.6. The molecule has 0 spiro atoms. The van der Waals surface area contributed by atoms with Crippen LogP contribution >= 0.6 is 58.4 Å². The molecule has 1 N–H and O–H groups in total. The Bertz CT molecular complexity index is 467. The van der Waals surface area contributed by atoms with Gasteiger partial charge in [0.1, 0.15) is 0 Å². The van der Waals surface area contributed by atoms with E-state index in [-0.39, 0.29) is 12.7 Å². The lowest BCUT2D eigenvalue weighted by atomic mass is 10.3. The zero-order valence-electron chi connectivity index (χ0n) is 8.74. The van der Waals surface area contributed by atoms with Gasteiger partial charge in [0.2, 0.25) is 0 Å². The number of carbonyl (C=O) groups is 1. The number of amides is 2. The topological polar surface area (TPSA) is 35.6 Å². The first-order chi connectivity index (χ1) is 8.38. The van der Waals surface area contributed by atoms with E-state index in [1.165, 1.54) is 4.90 Å². The normalized spacial score (nSPS) is 16.6.